The van der Waals surface area contributed by atoms with Crippen LogP contribution in [0.25, 0.3) is 0 Å². The maximum atomic E-state index is 10.5. The smallest absolute Gasteiger partial charge is 0.306 e. The van der Waals surface area contributed by atoms with Gasteiger partial charge in [0.2, 0.25) is 0 Å². The number of aliphatic hydroxyl groups excluding tert-OH is 1. The van der Waals surface area contributed by atoms with Crippen LogP contribution in [0.4, 0.5) is 0 Å². The Bertz CT molecular complexity index is 183. The van der Waals surface area contributed by atoms with Crippen molar-refractivity contribution in [3.63, 3.8) is 0 Å². The predicted molar refractivity (Wildman–Crippen MR) is 42.8 cm³/mol. The lowest BCUT2D eigenvalue weighted by atomic mass is 9.98. The third-order valence-electron chi connectivity index (χ3n) is 2.34. The van der Waals surface area contributed by atoms with Gasteiger partial charge in [0.05, 0.1) is 12.0 Å². The van der Waals surface area contributed by atoms with Crippen molar-refractivity contribution in [3.8, 4) is 0 Å². The van der Waals surface area contributed by atoms with Gasteiger partial charge in [0.15, 0.2) is 0 Å². The second kappa shape index (κ2) is 4.04. The minimum atomic E-state index is -1.88. The molecule has 0 saturated heterocycles. The van der Waals surface area contributed by atoms with E-state index in [0.29, 0.717) is 12.8 Å². The minimum absolute atomic E-state index is 0.162. The Morgan fingerprint density at radius 2 is 1.92 bits per heavy atom. The lowest BCUT2D eigenvalue weighted by Gasteiger charge is -2.28. The molecule has 0 spiro atoms. The highest BCUT2D eigenvalue weighted by atomic mass is 16.7. The molecule has 13 heavy (non-hydrogen) atoms. The Hall–Kier alpha value is -0.650. The van der Waals surface area contributed by atoms with Gasteiger partial charge in [-0.1, -0.05) is 12.8 Å². The number of carbonyl (C=O) groups is 1. The van der Waals surface area contributed by atoms with Crippen molar-refractivity contribution in [1.29, 1.82) is 0 Å². The highest BCUT2D eigenvalue weighted by Crippen LogP contribution is 2.36. The molecule has 0 heterocycles. The first-order valence-electron chi connectivity index (χ1n) is 4.30. The highest BCUT2D eigenvalue weighted by molar-refractivity contribution is 5.68. The summed E-state index contributed by atoms with van der Waals surface area (Å²) in [4.78, 5) is 10.5. The van der Waals surface area contributed by atoms with E-state index in [4.69, 9.17) is 20.1 Å². The normalized spacial score (nSPS) is 20.8. The topological polar surface area (TPSA) is 87.0 Å². The summed E-state index contributed by atoms with van der Waals surface area (Å²) in [6.07, 6.45) is 2.75. The Morgan fingerprint density at radius 1 is 1.38 bits per heavy atom. The molecule has 1 rings (SSSR count). The Labute approximate surface area is 75.9 Å². The van der Waals surface area contributed by atoms with E-state index in [0.717, 1.165) is 12.8 Å². The van der Waals surface area contributed by atoms with Gasteiger partial charge in [-0.3, -0.25) is 4.79 Å². The molecule has 1 saturated carbocycles. The number of carboxylic acids is 1. The molecular formula is C8H14O5. The molecule has 1 aliphatic carbocycles. The summed E-state index contributed by atoms with van der Waals surface area (Å²) in [5.41, 5.74) is -0.861. The van der Waals surface area contributed by atoms with Crippen LogP contribution in [0, 0.1) is 0 Å². The second-order valence-electron chi connectivity index (χ2n) is 3.40. The lowest BCUT2D eigenvalue weighted by molar-refractivity contribution is -0.286. The number of aliphatic carboxylic acids is 1. The third kappa shape index (κ3) is 2.95. The molecule has 0 aromatic heterocycles. The van der Waals surface area contributed by atoms with Gasteiger partial charge in [0.1, 0.15) is 0 Å². The molecule has 76 valence electrons. The number of ether oxygens (including phenoxy) is 1. The largest absolute Gasteiger partial charge is 0.481 e. The zero-order valence-electron chi connectivity index (χ0n) is 7.27. The van der Waals surface area contributed by atoms with E-state index in [1.807, 2.05) is 0 Å². The quantitative estimate of drug-likeness (QED) is 0.545. The van der Waals surface area contributed by atoms with Gasteiger partial charge in [-0.25, -0.2) is 0 Å². The number of aliphatic hydroxyl groups is 2. The van der Waals surface area contributed by atoms with Crippen LogP contribution in [-0.4, -0.2) is 33.4 Å². The van der Waals surface area contributed by atoms with Gasteiger partial charge in [-0.05, 0) is 12.8 Å². The standard InChI is InChI=1S/C8H14O5/c9-6(10)5-8(13-7(11)12)3-1-2-4-8/h7,11-12H,1-5H2,(H,9,10). The monoisotopic (exact) mass is 190 g/mol. The van der Waals surface area contributed by atoms with Crippen LogP contribution in [0.3, 0.4) is 0 Å². The van der Waals surface area contributed by atoms with E-state index in [9.17, 15) is 4.79 Å². The summed E-state index contributed by atoms with van der Waals surface area (Å²) in [7, 11) is 0. The molecule has 5 heteroatoms. The summed E-state index contributed by atoms with van der Waals surface area (Å²) < 4.78 is 4.84. The first-order valence-corrected chi connectivity index (χ1v) is 4.30. The minimum Gasteiger partial charge on any atom is -0.481 e. The molecule has 0 aliphatic heterocycles. The van der Waals surface area contributed by atoms with Crippen molar-refractivity contribution in [2.24, 2.45) is 0 Å². The van der Waals surface area contributed by atoms with Gasteiger partial charge < -0.3 is 20.1 Å². The molecule has 0 bridgehead atoms. The fraction of sp³-hybridized carbons (Fsp3) is 0.875. The van der Waals surface area contributed by atoms with Gasteiger partial charge in [-0.2, -0.15) is 0 Å². The summed E-state index contributed by atoms with van der Waals surface area (Å²) in [5, 5.41) is 25.9. The summed E-state index contributed by atoms with van der Waals surface area (Å²) in [5.74, 6) is -0.970. The molecule has 1 aliphatic rings. The van der Waals surface area contributed by atoms with E-state index in [1.165, 1.54) is 0 Å². The van der Waals surface area contributed by atoms with Crippen molar-refractivity contribution in [2.45, 2.75) is 44.2 Å². The summed E-state index contributed by atoms with van der Waals surface area (Å²) >= 11 is 0. The number of carboxylic acid groups (broad SMARTS) is 1. The van der Waals surface area contributed by atoms with Crippen LogP contribution in [0.15, 0.2) is 0 Å². The van der Waals surface area contributed by atoms with Crippen LogP contribution >= 0.6 is 0 Å². The fourth-order valence-corrected chi connectivity index (χ4v) is 1.85. The molecule has 0 aromatic carbocycles. The van der Waals surface area contributed by atoms with Crippen LogP contribution in [0.5, 0.6) is 0 Å². The number of hydrogen-bond acceptors (Lipinski definition) is 4. The Balaban J connectivity index is 2.57. The maximum absolute atomic E-state index is 10.5. The van der Waals surface area contributed by atoms with Crippen molar-refractivity contribution in [3.05, 3.63) is 0 Å². The Kier molecular flexibility index (Phi) is 3.24. The van der Waals surface area contributed by atoms with Crippen LogP contribution < -0.4 is 0 Å². The van der Waals surface area contributed by atoms with Crippen LogP contribution in [-0.2, 0) is 9.53 Å². The van der Waals surface area contributed by atoms with Gasteiger partial charge in [0.25, 0.3) is 6.48 Å². The maximum Gasteiger partial charge on any atom is 0.306 e. The predicted octanol–water partition coefficient (Wildman–Crippen LogP) is 0.0587. The number of rotatable bonds is 4. The van der Waals surface area contributed by atoms with Crippen LogP contribution in [0.2, 0.25) is 0 Å². The summed E-state index contributed by atoms with van der Waals surface area (Å²) in [6.45, 7) is -1.88. The molecule has 3 N–H and O–H groups in total. The third-order valence-corrected chi connectivity index (χ3v) is 2.34. The molecule has 0 aromatic rings. The highest BCUT2D eigenvalue weighted by Gasteiger charge is 2.38. The molecular weight excluding hydrogens is 176 g/mol. The van der Waals surface area contributed by atoms with Gasteiger partial charge in [0, 0.05) is 0 Å². The first-order chi connectivity index (χ1) is 6.04. The molecule has 0 amide bonds. The van der Waals surface area contributed by atoms with E-state index in [-0.39, 0.29) is 6.42 Å². The zero-order valence-corrected chi connectivity index (χ0v) is 7.27. The molecule has 1 fully saturated rings. The first kappa shape index (κ1) is 10.4. The van der Waals surface area contributed by atoms with Crippen molar-refractivity contribution in [2.75, 3.05) is 0 Å². The van der Waals surface area contributed by atoms with Gasteiger partial charge >= 0.3 is 5.97 Å². The zero-order chi connectivity index (χ0) is 9.90. The fourth-order valence-electron chi connectivity index (χ4n) is 1.85. The van der Waals surface area contributed by atoms with Crippen molar-refractivity contribution >= 4 is 5.97 Å². The van der Waals surface area contributed by atoms with Crippen LogP contribution in [0.1, 0.15) is 32.1 Å². The van der Waals surface area contributed by atoms with Gasteiger partial charge in [-0.15, -0.1) is 0 Å². The van der Waals surface area contributed by atoms with Crippen molar-refractivity contribution < 1.29 is 24.9 Å². The van der Waals surface area contributed by atoms with E-state index in [2.05, 4.69) is 0 Å². The summed E-state index contributed by atoms with van der Waals surface area (Å²) in [6, 6.07) is 0. The Morgan fingerprint density at radius 3 is 2.31 bits per heavy atom. The average Bonchev–Trinajstić information content (AvgIpc) is 2.33. The molecule has 0 radical (unpaired) electrons. The second-order valence-corrected chi connectivity index (χ2v) is 3.40. The lowest BCUT2D eigenvalue weighted by Crippen LogP contribution is -2.36. The molecule has 0 unspecified atom stereocenters. The molecule has 0 atom stereocenters. The van der Waals surface area contributed by atoms with Crippen molar-refractivity contribution in [1.82, 2.24) is 0 Å². The molecule has 5 nitrogen and oxygen atoms in total. The SMILES string of the molecule is O=C(O)CC1(OC(O)O)CCCC1. The average molecular weight is 190 g/mol. The van der Waals surface area contributed by atoms with E-state index < -0.39 is 18.0 Å². The van der Waals surface area contributed by atoms with E-state index in [1.54, 1.807) is 0 Å². The van der Waals surface area contributed by atoms with E-state index >= 15 is 0 Å². The number of hydrogen-bond donors (Lipinski definition) is 3.